The van der Waals surface area contributed by atoms with Gasteiger partial charge in [-0.25, -0.2) is 14.4 Å². The molecule has 1 aliphatic rings. The lowest BCUT2D eigenvalue weighted by Gasteiger charge is -2.17. The first kappa shape index (κ1) is 21.5. The van der Waals surface area contributed by atoms with Crippen molar-refractivity contribution in [2.24, 2.45) is 0 Å². The minimum atomic E-state index is -0.647. The number of pyridine rings is 1. The molecule has 0 aromatic carbocycles. The van der Waals surface area contributed by atoms with Crippen LogP contribution in [0.25, 0.3) is 10.9 Å². The second-order valence-electron chi connectivity index (χ2n) is 6.21. The quantitative estimate of drug-likeness (QED) is 0.767. The number of fused-ring (bicyclic) bond motifs is 1. The lowest BCUT2D eigenvalue weighted by Crippen LogP contribution is -2.35. The summed E-state index contributed by atoms with van der Waals surface area (Å²) in [7, 11) is 0. The minimum absolute atomic E-state index is 0.0313. The molecule has 0 spiro atoms. The van der Waals surface area contributed by atoms with E-state index in [1.165, 1.54) is 0 Å². The molecule has 1 aliphatic heterocycles. The summed E-state index contributed by atoms with van der Waals surface area (Å²) < 4.78 is 25.9. The number of halogens is 2. The van der Waals surface area contributed by atoms with Crippen LogP contribution in [0.3, 0.4) is 0 Å². The molecule has 0 amide bonds. The number of hydrogen-bond acceptors (Lipinski definition) is 6. The number of rotatable bonds is 4. The van der Waals surface area contributed by atoms with Crippen molar-refractivity contribution in [2.45, 2.75) is 46.1 Å². The number of H-pyrrole nitrogens is 1. The van der Waals surface area contributed by atoms with Crippen LogP contribution in [0, 0.1) is 5.82 Å². The smallest absolute Gasteiger partial charge is 0.265 e. The Bertz CT molecular complexity index is 820. The van der Waals surface area contributed by atoms with Crippen LogP contribution in [0.4, 0.5) is 4.39 Å². The molecule has 3 rings (SSSR count). The highest BCUT2D eigenvalue weighted by Gasteiger charge is 2.22. The van der Waals surface area contributed by atoms with Gasteiger partial charge >= 0.3 is 0 Å². The van der Waals surface area contributed by atoms with Crippen molar-refractivity contribution >= 4 is 22.5 Å². The lowest BCUT2D eigenvalue weighted by atomic mass is 10.1. The summed E-state index contributed by atoms with van der Waals surface area (Å²) >= 11 is 5.78. The monoisotopic (exact) mass is 400 g/mol. The molecule has 2 N–H and O–H groups in total. The third-order valence-corrected chi connectivity index (χ3v) is 4.20. The van der Waals surface area contributed by atoms with Crippen molar-refractivity contribution < 1.29 is 13.9 Å². The molecule has 9 heteroatoms. The van der Waals surface area contributed by atoms with E-state index in [0.717, 1.165) is 13.0 Å². The second-order valence-corrected chi connectivity index (χ2v) is 6.57. The van der Waals surface area contributed by atoms with E-state index < -0.39 is 11.4 Å². The summed E-state index contributed by atoms with van der Waals surface area (Å²) in [6, 6.07) is 0.0613. The van der Waals surface area contributed by atoms with E-state index in [9.17, 15) is 9.18 Å². The maximum absolute atomic E-state index is 14.7. The Morgan fingerprint density at radius 2 is 2.07 bits per heavy atom. The van der Waals surface area contributed by atoms with Crippen LogP contribution >= 0.6 is 11.6 Å². The van der Waals surface area contributed by atoms with Crippen molar-refractivity contribution in [3.05, 3.63) is 27.1 Å². The lowest BCUT2D eigenvalue weighted by molar-refractivity contribution is 0.147. The van der Waals surface area contributed by atoms with Gasteiger partial charge in [0.25, 0.3) is 5.56 Å². The molecule has 1 atom stereocenters. The number of nitrogens with one attached hydrogen (secondary N) is 2. The molecule has 2 aromatic heterocycles. The second kappa shape index (κ2) is 9.96. The van der Waals surface area contributed by atoms with E-state index in [1.54, 1.807) is 13.8 Å². The van der Waals surface area contributed by atoms with E-state index in [4.69, 9.17) is 21.1 Å². The van der Waals surface area contributed by atoms with Gasteiger partial charge in [0.15, 0.2) is 5.82 Å². The summed E-state index contributed by atoms with van der Waals surface area (Å²) in [5.74, 6) is -0.778. The van der Waals surface area contributed by atoms with E-state index >= 15 is 0 Å². The van der Waals surface area contributed by atoms with E-state index in [0.29, 0.717) is 13.2 Å². The van der Waals surface area contributed by atoms with Crippen molar-refractivity contribution in [3.63, 3.8) is 0 Å². The highest BCUT2D eigenvalue weighted by atomic mass is 35.5. The zero-order valence-corrected chi connectivity index (χ0v) is 16.8. The van der Waals surface area contributed by atoms with Gasteiger partial charge < -0.3 is 14.8 Å². The van der Waals surface area contributed by atoms with Crippen LogP contribution in [0.1, 0.15) is 45.7 Å². The van der Waals surface area contributed by atoms with Gasteiger partial charge in [0, 0.05) is 19.2 Å². The van der Waals surface area contributed by atoms with Crippen LogP contribution < -0.4 is 15.6 Å². The summed E-state index contributed by atoms with van der Waals surface area (Å²) in [6.45, 7) is 9.90. The normalized spacial score (nSPS) is 17.4. The van der Waals surface area contributed by atoms with Gasteiger partial charge in [0.2, 0.25) is 11.2 Å². The van der Waals surface area contributed by atoms with E-state index in [1.807, 2.05) is 13.8 Å². The number of ether oxygens (including phenoxy) is 2. The Morgan fingerprint density at radius 1 is 1.33 bits per heavy atom. The molecule has 27 heavy (non-hydrogen) atoms. The molecule has 1 fully saturated rings. The first-order chi connectivity index (χ1) is 13.0. The SMILES string of the molecule is CC.CC(C)c1nc(OCC2CCOCCN2)c2c(=O)[nH]c(Cl)nc2c1F. The first-order valence-corrected chi connectivity index (χ1v) is 9.58. The van der Waals surface area contributed by atoms with Crippen molar-refractivity contribution in [2.75, 3.05) is 26.4 Å². The zero-order valence-electron chi connectivity index (χ0n) is 16.1. The van der Waals surface area contributed by atoms with Crippen molar-refractivity contribution in [1.82, 2.24) is 20.3 Å². The topological polar surface area (TPSA) is 89.1 Å². The maximum atomic E-state index is 14.7. The average Bonchev–Trinajstić information content (AvgIpc) is 2.91. The Kier molecular flexibility index (Phi) is 7.94. The van der Waals surface area contributed by atoms with E-state index in [-0.39, 0.29) is 46.3 Å². The van der Waals surface area contributed by atoms with Gasteiger partial charge in [-0.1, -0.05) is 27.7 Å². The van der Waals surface area contributed by atoms with Crippen molar-refractivity contribution in [1.29, 1.82) is 0 Å². The largest absolute Gasteiger partial charge is 0.475 e. The van der Waals surface area contributed by atoms with Crippen LogP contribution in [-0.4, -0.2) is 47.4 Å². The molecule has 3 heterocycles. The molecule has 0 aliphatic carbocycles. The Hall–Kier alpha value is -1.77. The Balaban J connectivity index is 0.00000126. The highest BCUT2D eigenvalue weighted by Crippen LogP contribution is 2.28. The average molecular weight is 401 g/mol. The van der Waals surface area contributed by atoms with Crippen LogP contribution in [0.5, 0.6) is 5.88 Å². The van der Waals surface area contributed by atoms with Gasteiger partial charge in [0.1, 0.15) is 17.5 Å². The summed E-state index contributed by atoms with van der Waals surface area (Å²) in [4.78, 5) is 22.8. The minimum Gasteiger partial charge on any atom is -0.475 e. The van der Waals surface area contributed by atoms with Gasteiger partial charge in [-0.05, 0) is 23.9 Å². The fourth-order valence-corrected chi connectivity index (χ4v) is 2.88. The van der Waals surface area contributed by atoms with Gasteiger partial charge in [-0.15, -0.1) is 0 Å². The van der Waals surface area contributed by atoms with E-state index in [2.05, 4.69) is 20.3 Å². The molecule has 0 radical (unpaired) electrons. The first-order valence-electron chi connectivity index (χ1n) is 9.20. The fourth-order valence-electron chi connectivity index (χ4n) is 2.71. The molecular weight excluding hydrogens is 375 g/mol. The number of hydrogen-bond donors (Lipinski definition) is 2. The summed E-state index contributed by atoms with van der Waals surface area (Å²) in [5.41, 5.74) is -0.516. The van der Waals surface area contributed by atoms with Crippen LogP contribution in [0.2, 0.25) is 5.28 Å². The number of aromatic amines is 1. The molecule has 7 nitrogen and oxygen atoms in total. The summed E-state index contributed by atoms with van der Waals surface area (Å²) in [5, 5.41) is 3.09. The van der Waals surface area contributed by atoms with Gasteiger partial charge in [-0.2, -0.15) is 0 Å². The molecular formula is C18H26ClFN4O3. The fraction of sp³-hybridized carbons (Fsp3) is 0.611. The molecule has 150 valence electrons. The van der Waals surface area contributed by atoms with Crippen molar-refractivity contribution in [3.8, 4) is 5.88 Å². The third-order valence-electron chi connectivity index (χ3n) is 4.02. The van der Waals surface area contributed by atoms with Gasteiger partial charge in [0.05, 0.1) is 12.3 Å². The maximum Gasteiger partial charge on any atom is 0.265 e. The zero-order chi connectivity index (χ0) is 20.0. The van der Waals surface area contributed by atoms with Crippen LogP contribution in [-0.2, 0) is 4.74 Å². The molecule has 1 unspecified atom stereocenters. The predicted octanol–water partition coefficient (Wildman–Crippen LogP) is 3.02. The summed E-state index contributed by atoms with van der Waals surface area (Å²) in [6.07, 6.45) is 0.774. The number of aromatic nitrogens is 3. The standard InChI is InChI=1S/C16H20ClFN4O3.C2H6/c1-8(2)12-11(18)13-10(14(23)22-16(17)21-13)15(20-12)25-7-9-3-5-24-6-4-19-9;1-2/h8-9,19H,3-7H2,1-2H3,(H,21,22,23);1-2H3. The molecule has 1 saturated heterocycles. The molecule has 2 aromatic rings. The third kappa shape index (κ3) is 5.15. The van der Waals surface area contributed by atoms with Crippen LogP contribution in [0.15, 0.2) is 4.79 Å². The Labute approximate surface area is 162 Å². The van der Waals surface area contributed by atoms with Gasteiger partial charge in [-0.3, -0.25) is 9.78 Å². The Morgan fingerprint density at radius 3 is 2.78 bits per heavy atom. The molecule has 0 bridgehead atoms. The predicted molar refractivity (Wildman–Crippen MR) is 103 cm³/mol. The highest BCUT2D eigenvalue weighted by molar-refractivity contribution is 6.28. The molecule has 0 saturated carbocycles. The number of nitrogens with zero attached hydrogens (tertiary/aromatic N) is 2.